The van der Waals surface area contributed by atoms with Gasteiger partial charge in [-0.2, -0.15) is 0 Å². The second-order valence-corrected chi connectivity index (χ2v) is 6.73. The van der Waals surface area contributed by atoms with Crippen molar-refractivity contribution in [2.24, 2.45) is 0 Å². The largest absolute Gasteiger partial charge is 0.325 e. The molecule has 0 bridgehead atoms. The van der Waals surface area contributed by atoms with Crippen LogP contribution < -0.4 is 16.0 Å². The first-order valence-electron chi connectivity index (χ1n) is 9.06. The molecule has 0 radical (unpaired) electrons. The van der Waals surface area contributed by atoms with Gasteiger partial charge in [0, 0.05) is 43.8 Å². The molecule has 1 aromatic carbocycles. The maximum absolute atomic E-state index is 12.4. The molecule has 2 heterocycles. The number of halogens is 1. The summed E-state index contributed by atoms with van der Waals surface area (Å²) < 4.78 is 0. The van der Waals surface area contributed by atoms with E-state index in [0.29, 0.717) is 5.69 Å². The maximum Gasteiger partial charge on any atom is 0.325 e. The Labute approximate surface area is 171 Å². The number of hydrogen-bond donors (Lipinski definition) is 3. The number of piperazine rings is 1. The summed E-state index contributed by atoms with van der Waals surface area (Å²) in [6.07, 6.45) is 3.55. The quantitative estimate of drug-likeness (QED) is 0.729. The number of imide groups is 1. The zero-order chi connectivity index (χ0) is 19.2. The van der Waals surface area contributed by atoms with E-state index in [-0.39, 0.29) is 30.9 Å². The number of anilines is 1. The first-order valence-corrected chi connectivity index (χ1v) is 9.06. The monoisotopic (exact) mass is 403 g/mol. The summed E-state index contributed by atoms with van der Waals surface area (Å²) in [6, 6.07) is 9.11. The third-order valence-electron chi connectivity index (χ3n) is 4.88. The number of benzene rings is 1. The lowest BCUT2D eigenvalue weighted by Gasteiger charge is -2.35. The minimum Gasteiger partial charge on any atom is -0.314 e. The van der Waals surface area contributed by atoms with Crippen LogP contribution in [0.25, 0.3) is 0 Å². The van der Waals surface area contributed by atoms with E-state index in [1.807, 2.05) is 50.4 Å². The molecule has 0 spiro atoms. The number of nitrogens with zero attached hydrogens (tertiary/aromatic N) is 2. The fourth-order valence-electron chi connectivity index (χ4n) is 3.23. The molecular weight excluding hydrogens is 378 g/mol. The highest BCUT2D eigenvalue weighted by molar-refractivity contribution is 6.02. The van der Waals surface area contributed by atoms with E-state index in [4.69, 9.17) is 0 Å². The highest BCUT2D eigenvalue weighted by atomic mass is 35.5. The number of aryl methyl sites for hydroxylation is 1. The van der Waals surface area contributed by atoms with Crippen molar-refractivity contribution < 1.29 is 9.59 Å². The van der Waals surface area contributed by atoms with Crippen LogP contribution in [0.1, 0.15) is 22.7 Å². The fourth-order valence-corrected chi connectivity index (χ4v) is 3.23. The number of urea groups is 1. The topological polar surface area (TPSA) is 86.4 Å². The van der Waals surface area contributed by atoms with Crippen LogP contribution in [0.4, 0.5) is 10.5 Å². The van der Waals surface area contributed by atoms with Crippen LogP contribution in [-0.4, -0.2) is 48.0 Å². The predicted molar refractivity (Wildman–Crippen MR) is 112 cm³/mol. The normalized spacial score (nSPS) is 16.7. The van der Waals surface area contributed by atoms with Crippen molar-refractivity contribution >= 4 is 30.0 Å². The van der Waals surface area contributed by atoms with E-state index in [0.717, 1.165) is 36.3 Å². The van der Waals surface area contributed by atoms with Crippen LogP contribution >= 0.6 is 12.4 Å². The van der Waals surface area contributed by atoms with Crippen LogP contribution in [0.2, 0.25) is 0 Å². The minimum absolute atomic E-state index is 0. The molecule has 28 heavy (non-hydrogen) atoms. The van der Waals surface area contributed by atoms with Gasteiger partial charge in [0.1, 0.15) is 0 Å². The van der Waals surface area contributed by atoms with Gasteiger partial charge in [-0.1, -0.05) is 18.2 Å². The number of nitrogens with one attached hydrogen (secondary N) is 3. The lowest BCUT2D eigenvalue weighted by Crippen LogP contribution is -2.50. The van der Waals surface area contributed by atoms with Crippen molar-refractivity contribution in [1.29, 1.82) is 0 Å². The summed E-state index contributed by atoms with van der Waals surface area (Å²) in [6.45, 7) is 6.35. The molecule has 1 unspecified atom stereocenters. The smallest absolute Gasteiger partial charge is 0.314 e. The number of rotatable bonds is 4. The van der Waals surface area contributed by atoms with E-state index in [1.165, 1.54) is 0 Å². The molecule has 8 heteroatoms. The van der Waals surface area contributed by atoms with Crippen LogP contribution in [-0.2, 0) is 4.79 Å². The van der Waals surface area contributed by atoms with E-state index in [2.05, 4.69) is 25.8 Å². The van der Waals surface area contributed by atoms with Gasteiger partial charge in [-0.05, 0) is 42.7 Å². The highest BCUT2D eigenvalue weighted by Crippen LogP contribution is 2.21. The lowest BCUT2D eigenvalue weighted by molar-refractivity contribution is -0.121. The average molecular weight is 404 g/mol. The average Bonchev–Trinajstić information content (AvgIpc) is 2.66. The number of aromatic nitrogens is 1. The van der Waals surface area contributed by atoms with Gasteiger partial charge in [-0.3, -0.25) is 20.0 Å². The molecule has 7 nitrogen and oxygen atoms in total. The highest BCUT2D eigenvalue weighted by Gasteiger charge is 2.26. The molecule has 0 aliphatic carbocycles. The Morgan fingerprint density at radius 1 is 1.25 bits per heavy atom. The summed E-state index contributed by atoms with van der Waals surface area (Å²) in [5, 5.41) is 8.52. The van der Waals surface area contributed by atoms with Gasteiger partial charge < -0.3 is 10.6 Å². The van der Waals surface area contributed by atoms with Crippen molar-refractivity contribution in [1.82, 2.24) is 20.5 Å². The second kappa shape index (κ2) is 10.2. The summed E-state index contributed by atoms with van der Waals surface area (Å²) in [5.74, 6) is -0.325. The van der Waals surface area contributed by atoms with Crippen LogP contribution in [0.15, 0.2) is 42.7 Å². The number of hydrogen-bond acceptors (Lipinski definition) is 5. The molecule has 1 fully saturated rings. The molecule has 150 valence electrons. The molecule has 3 N–H and O–H groups in total. The van der Waals surface area contributed by atoms with Crippen molar-refractivity contribution in [2.45, 2.75) is 19.9 Å². The minimum atomic E-state index is -0.512. The number of carbonyl (C=O) groups excluding carboxylic acids is 2. The SMILES string of the molecule is Cc1cccc(NC(=O)NC(=O)CN2CCNCC2c2cccnc2)c1C.Cl. The van der Waals surface area contributed by atoms with E-state index < -0.39 is 6.03 Å². The Morgan fingerprint density at radius 2 is 2.07 bits per heavy atom. The molecule has 0 saturated carbocycles. The molecule has 3 rings (SSSR count). The Kier molecular flexibility index (Phi) is 7.92. The summed E-state index contributed by atoms with van der Waals surface area (Å²) in [4.78, 5) is 30.8. The van der Waals surface area contributed by atoms with Gasteiger partial charge in [0.2, 0.25) is 5.91 Å². The van der Waals surface area contributed by atoms with E-state index in [9.17, 15) is 9.59 Å². The first-order chi connectivity index (χ1) is 13.0. The third-order valence-corrected chi connectivity index (χ3v) is 4.88. The van der Waals surface area contributed by atoms with Crippen LogP contribution in [0.3, 0.4) is 0 Å². The van der Waals surface area contributed by atoms with Crippen LogP contribution in [0.5, 0.6) is 0 Å². The predicted octanol–water partition coefficient (Wildman–Crippen LogP) is 2.41. The Bertz CT molecular complexity index is 815. The van der Waals surface area contributed by atoms with Crippen molar-refractivity contribution in [3.8, 4) is 0 Å². The van der Waals surface area contributed by atoms with E-state index in [1.54, 1.807) is 6.20 Å². The molecule has 1 aliphatic rings. The zero-order valence-electron chi connectivity index (χ0n) is 16.1. The number of pyridine rings is 1. The van der Waals surface area contributed by atoms with Gasteiger partial charge in [0.25, 0.3) is 0 Å². The van der Waals surface area contributed by atoms with Gasteiger partial charge in [-0.15, -0.1) is 12.4 Å². The summed E-state index contributed by atoms with van der Waals surface area (Å²) in [7, 11) is 0. The Hall–Kier alpha value is -2.48. The Morgan fingerprint density at radius 3 is 2.82 bits per heavy atom. The molecule has 1 atom stereocenters. The first kappa shape index (κ1) is 21.8. The molecule has 1 aromatic heterocycles. The van der Waals surface area contributed by atoms with Gasteiger partial charge >= 0.3 is 6.03 Å². The Balaban J connectivity index is 0.00000280. The standard InChI is InChI=1S/C20H25N5O2.ClH/c1-14-5-3-7-17(15(14)2)23-20(27)24-19(26)13-25-10-9-22-12-18(25)16-6-4-8-21-11-16;/h3-8,11,18,22H,9-10,12-13H2,1-2H3,(H2,23,24,26,27);1H. The second-order valence-electron chi connectivity index (χ2n) is 6.73. The number of amides is 3. The van der Waals surface area contributed by atoms with Gasteiger partial charge in [0.05, 0.1) is 6.54 Å². The zero-order valence-corrected chi connectivity index (χ0v) is 16.9. The van der Waals surface area contributed by atoms with Crippen LogP contribution in [0, 0.1) is 13.8 Å². The van der Waals surface area contributed by atoms with Crippen molar-refractivity contribution in [3.63, 3.8) is 0 Å². The molecule has 2 aromatic rings. The lowest BCUT2D eigenvalue weighted by atomic mass is 10.1. The fraction of sp³-hybridized carbons (Fsp3) is 0.350. The van der Waals surface area contributed by atoms with Crippen molar-refractivity contribution in [3.05, 3.63) is 59.4 Å². The molecule has 1 saturated heterocycles. The summed E-state index contributed by atoms with van der Waals surface area (Å²) >= 11 is 0. The summed E-state index contributed by atoms with van der Waals surface area (Å²) in [5.41, 5.74) is 3.83. The van der Waals surface area contributed by atoms with Gasteiger partial charge in [0.15, 0.2) is 0 Å². The van der Waals surface area contributed by atoms with Crippen molar-refractivity contribution in [2.75, 3.05) is 31.5 Å². The molecular formula is C20H26ClN5O2. The maximum atomic E-state index is 12.4. The molecule has 1 aliphatic heterocycles. The number of carbonyl (C=O) groups is 2. The van der Waals surface area contributed by atoms with Gasteiger partial charge in [-0.25, -0.2) is 4.79 Å². The molecule has 3 amide bonds. The third kappa shape index (κ3) is 5.51. The van der Waals surface area contributed by atoms with E-state index >= 15 is 0 Å².